The summed E-state index contributed by atoms with van der Waals surface area (Å²) in [6.07, 6.45) is 0. The van der Waals surface area contributed by atoms with Crippen LogP contribution in [0.3, 0.4) is 0 Å². The van der Waals surface area contributed by atoms with E-state index in [4.69, 9.17) is 0 Å². The summed E-state index contributed by atoms with van der Waals surface area (Å²) >= 11 is 3.79. The van der Waals surface area contributed by atoms with Crippen LogP contribution in [0.5, 0.6) is 0 Å². The summed E-state index contributed by atoms with van der Waals surface area (Å²) in [5.41, 5.74) is 0. The van der Waals surface area contributed by atoms with E-state index in [1.54, 1.807) is 0 Å². The molecule has 1 radical (unpaired) electrons. The molecule has 0 aromatic heterocycles. The molecule has 0 aromatic carbocycles. The van der Waals surface area contributed by atoms with Crippen LogP contribution in [0.2, 0.25) is 0 Å². The van der Waals surface area contributed by atoms with Gasteiger partial charge in [-0.25, -0.2) is 0 Å². The van der Waals surface area contributed by atoms with Crippen molar-refractivity contribution in [2.24, 2.45) is 0 Å². The molecule has 44 valence electrons. The first-order valence-electron chi connectivity index (χ1n) is 0.183. The molecule has 5 heavy (non-hydrogen) atoms. The maximum atomic E-state index is 3.79. The monoisotopic (exact) mass is 226 g/mol. The molecule has 0 rings (SSSR count). The van der Waals surface area contributed by atoms with Crippen molar-refractivity contribution in [1.82, 2.24) is 0 Å². The van der Waals surface area contributed by atoms with Gasteiger partial charge >= 0.3 is 23.0 Å². The van der Waals surface area contributed by atoms with E-state index in [1.807, 2.05) is 8.01 Å². The van der Waals surface area contributed by atoms with Crippen molar-refractivity contribution in [3.63, 3.8) is 0 Å². The molecule has 0 fully saturated rings. The quantitative estimate of drug-likeness (QED) is 0.394. The first-order chi connectivity index (χ1) is 1.00. The molecule has 0 aliphatic rings. The Hall–Kier alpha value is 1.88. The van der Waals surface area contributed by atoms with Crippen LogP contribution in [0.4, 0.5) is 0 Å². The average Bonchev–Trinajstić information content (AvgIpc) is 1.00. The standard InChI is InChI=1S/Co.2Ni.H2O.H2P/h;;;2*1H2/q;;+1;;-1. The van der Waals surface area contributed by atoms with Gasteiger partial charge in [-0.15, -0.1) is 0 Å². The number of hydrogen-bond acceptors (Lipinski definition) is 0. The summed E-state index contributed by atoms with van der Waals surface area (Å²) in [6.45, 7) is 0. The Labute approximate surface area is 61.7 Å². The van der Waals surface area contributed by atoms with Crippen LogP contribution in [0.1, 0.15) is 0 Å². The van der Waals surface area contributed by atoms with E-state index in [0.717, 1.165) is 0 Å². The Bertz CT molecular complexity index is 9.61. The van der Waals surface area contributed by atoms with E-state index in [-0.39, 0.29) is 38.7 Å². The van der Waals surface area contributed by atoms with E-state index in [9.17, 15) is 0 Å². The zero-order chi connectivity index (χ0) is 2.00. The van der Waals surface area contributed by atoms with E-state index in [2.05, 4.69) is 15.0 Å². The van der Waals surface area contributed by atoms with Crippen LogP contribution >= 0.6 is 8.01 Å². The van der Waals surface area contributed by atoms with Crippen molar-refractivity contribution in [1.29, 1.82) is 0 Å². The summed E-state index contributed by atoms with van der Waals surface area (Å²) in [4.78, 5) is 0. The van der Waals surface area contributed by atoms with Gasteiger partial charge in [-0.05, 0) is 0 Å². The van der Waals surface area contributed by atoms with Gasteiger partial charge in [0.1, 0.15) is 0 Å². The SMILES string of the molecule is O.[Co].[Ni].[PH2][Ni]. The Kier molecular flexibility index (Phi) is 227. The maximum absolute atomic E-state index is 3.79. The van der Waals surface area contributed by atoms with Gasteiger partial charge < -0.3 is 5.48 Å². The van der Waals surface area contributed by atoms with Gasteiger partial charge in [-0.1, -0.05) is 0 Å². The van der Waals surface area contributed by atoms with Gasteiger partial charge in [0, 0.05) is 33.3 Å². The van der Waals surface area contributed by atoms with Crippen LogP contribution < -0.4 is 0 Å². The first-order valence-corrected chi connectivity index (χ1v) is 2.26. The fraction of sp³-hybridized carbons (Fsp3) is 0. The molecule has 5 heteroatoms. The van der Waals surface area contributed by atoms with Crippen LogP contribution in [0.25, 0.3) is 0 Å². The van der Waals surface area contributed by atoms with Crippen LogP contribution in [-0.4, -0.2) is 5.48 Å². The average molecular weight is 227 g/mol. The van der Waals surface area contributed by atoms with Crippen molar-refractivity contribution < 1.29 is 53.8 Å². The molecule has 0 aromatic rings. The van der Waals surface area contributed by atoms with Crippen molar-refractivity contribution in [3.8, 4) is 0 Å². The van der Waals surface area contributed by atoms with Gasteiger partial charge in [0.2, 0.25) is 0 Å². The molecule has 0 aliphatic carbocycles. The fourth-order valence-corrected chi connectivity index (χ4v) is 0. The summed E-state index contributed by atoms with van der Waals surface area (Å²) in [6, 6.07) is 0. The predicted octanol–water partition coefficient (Wildman–Crippen LogP) is -0.506. The third-order valence-corrected chi connectivity index (χ3v) is 0. The fourth-order valence-electron chi connectivity index (χ4n) is 0. The Morgan fingerprint density at radius 3 is 1.20 bits per heavy atom. The van der Waals surface area contributed by atoms with E-state index in [0.29, 0.717) is 0 Å². The van der Waals surface area contributed by atoms with Gasteiger partial charge in [-0.3, -0.25) is 0 Å². The van der Waals surface area contributed by atoms with E-state index in [1.165, 1.54) is 0 Å². The Morgan fingerprint density at radius 2 is 1.20 bits per heavy atom. The predicted molar refractivity (Wildman–Crippen MR) is 13.3 cm³/mol. The Morgan fingerprint density at radius 1 is 1.20 bits per heavy atom. The first kappa shape index (κ1) is 28.7. The molecule has 0 heterocycles. The molecule has 0 bridgehead atoms. The molecule has 2 N–H and O–H groups in total. The molecule has 0 aliphatic heterocycles. The number of rotatable bonds is 0. The normalized spacial score (nSPS) is 1.40. The third kappa shape index (κ3) is 25.0. The molecule has 1 atom stereocenters. The van der Waals surface area contributed by atoms with E-state index >= 15 is 0 Å². The van der Waals surface area contributed by atoms with Crippen molar-refractivity contribution in [2.75, 3.05) is 0 Å². The summed E-state index contributed by atoms with van der Waals surface area (Å²) in [5.74, 6) is 0. The Balaban J connectivity index is -0.00000000167. The molecule has 1 nitrogen and oxygen atoms in total. The molecule has 0 saturated carbocycles. The molecule has 0 saturated heterocycles. The van der Waals surface area contributed by atoms with Crippen molar-refractivity contribution in [3.05, 3.63) is 0 Å². The van der Waals surface area contributed by atoms with Crippen LogP contribution in [-0.2, 0) is 48.3 Å². The van der Waals surface area contributed by atoms with Gasteiger partial charge in [-0.2, -0.15) is 0 Å². The van der Waals surface area contributed by atoms with Gasteiger partial charge in [0.05, 0.1) is 0 Å². The number of hydrogen-bond donors (Lipinski definition) is 0. The minimum atomic E-state index is 0. The zero-order valence-corrected chi connectivity index (χ0v) is 6.21. The van der Waals surface area contributed by atoms with Gasteiger partial charge in [0.25, 0.3) is 0 Å². The summed E-state index contributed by atoms with van der Waals surface area (Å²) in [7, 11) is 2.04. The molecule has 0 spiro atoms. The second-order valence-electron chi connectivity index (χ2n) is 0. The zero-order valence-electron chi connectivity index (χ0n) is 2.04. The molecule has 1 unspecified atom stereocenters. The molecular formula is H4CoNi2OP. The van der Waals surface area contributed by atoms with Crippen LogP contribution in [0, 0.1) is 0 Å². The molecular weight excluding hydrogens is 223 g/mol. The van der Waals surface area contributed by atoms with E-state index < -0.39 is 0 Å². The topological polar surface area (TPSA) is 31.5 Å². The molecule has 0 amide bonds. The second kappa shape index (κ2) is 39.6. The van der Waals surface area contributed by atoms with Gasteiger partial charge in [0.15, 0.2) is 0 Å². The van der Waals surface area contributed by atoms with Crippen molar-refractivity contribution in [2.45, 2.75) is 0 Å². The van der Waals surface area contributed by atoms with Crippen LogP contribution in [0.15, 0.2) is 0 Å². The summed E-state index contributed by atoms with van der Waals surface area (Å²) < 4.78 is 0. The van der Waals surface area contributed by atoms with Crippen molar-refractivity contribution >= 4 is 8.01 Å². The summed E-state index contributed by atoms with van der Waals surface area (Å²) in [5, 5.41) is 0. The third-order valence-electron chi connectivity index (χ3n) is 0. The second-order valence-corrected chi connectivity index (χ2v) is 0. The minimum absolute atomic E-state index is 0.